The van der Waals surface area contributed by atoms with E-state index in [9.17, 15) is 8.78 Å². The van der Waals surface area contributed by atoms with Crippen LogP contribution in [-0.2, 0) is 0 Å². The van der Waals surface area contributed by atoms with Crippen LogP contribution in [0.4, 0.5) is 13.8 Å². The van der Waals surface area contributed by atoms with Crippen molar-refractivity contribution in [1.82, 2.24) is 10.1 Å². The van der Waals surface area contributed by atoms with Gasteiger partial charge in [-0.05, 0) is 24.3 Å². The van der Waals surface area contributed by atoms with Crippen LogP contribution in [0.15, 0.2) is 34.9 Å². The Hall–Kier alpha value is -2.28. The topological polar surface area (TPSA) is 64.9 Å². The zero-order valence-electron chi connectivity index (χ0n) is 9.43. The molecule has 96 valence electrons. The first kappa shape index (κ1) is 11.8. The second kappa shape index (κ2) is 4.43. The average Bonchev–Trinajstić information content (AvgIpc) is 2.95. The molecule has 0 amide bonds. The molecule has 19 heavy (non-hydrogen) atoms. The van der Waals surface area contributed by atoms with E-state index in [0.717, 1.165) is 18.2 Å². The van der Waals surface area contributed by atoms with E-state index in [1.54, 1.807) is 12.1 Å². The second-order valence-corrected chi connectivity index (χ2v) is 4.90. The van der Waals surface area contributed by atoms with E-state index in [2.05, 4.69) is 10.1 Å². The summed E-state index contributed by atoms with van der Waals surface area (Å²) in [6.45, 7) is 0. The van der Waals surface area contributed by atoms with Crippen molar-refractivity contribution in [2.24, 2.45) is 0 Å². The molecule has 0 aliphatic heterocycles. The highest BCUT2D eigenvalue weighted by Crippen LogP contribution is 2.29. The monoisotopic (exact) mass is 279 g/mol. The van der Waals surface area contributed by atoms with E-state index >= 15 is 0 Å². The molecule has 4 nitrogen and oxygen atoms in total. The van der Waals surface area contributed by atoms with E-state index in [4.69, 9.17) is 10.3 Å². The van der Waals surface area contributed by atoms with Gasteiger partial charge in [0.15, 0.2) is 0 Å². The Bertz CT molecular complexity index is 718. The Morgan fingerprint density at radius 3 is 2.47 bits per heavy atom. The summed E-state index contributed by atoms with van der Waals surface area (Å²) >= 11 is 1.29. The van der Waals surface area contributed by atoms with Crippen LogP contribution in [0.3, 0.4) is 0 Å². The van der Waals surface area contributed by atoms with Crippen LogP contribution in [0.2, 0.25) is 0 Å². The van der Waals surface area contributed by atoms with Crippen LogP contribution < -0.4 is 5.73 Å². The number of hydrogen-bond donors (Lipinski definition) is 1. The molecule has 0 radical (unpaired) electrons. The van der Waals surface area contributed by atoms with Gasteiger partial charge in [-0.15, -0.1) is 11.3 Å². The maximum atomic E-state index is 13.1. The van der Waals surface area contributed by atoms with E-state index in [1.807, 2.05) is 0 Å². The lowest BCUT2D eigenvalue weighted by Crippen LogP contribution is -1.85. The zero-order chi connectivity index (χ0) is 13.4. The van der Waals surface area contributed by atoms with Crippen molar-refractivity contribution in [2.45, 2.75) is 0 Å². The second-order valence-electron chi connectivity index (χ2n) is 3.78. The van der Waals surface area contributed by atoms with Gasteiger partial charge in [0, 0.05) is 11.6 Å². The standard InChI is InChI=1S/C12H7F2N3OS/c13-7-3-6(4-8(14)5-7)11-16-12(18-17-11)9-1-2-10(15)19-9/h1-5H,15H2. The third-order valence-electron chi connectivity index (χ3n) is 2.38. The summed E-state index contributed by atoms with van der Waals surface area (Å²) in [6, 6.07) is 6.51. The Balaban J connectivity index is 2.01. The number of hydrogen-bond acceptors (Lipinski definition) is 5. The molecule has 0 aliphatic rings. The molecule has 3 aromatic rings. The number of nitrogens with two attached hydrogens (primary N) is 1. The normalized spacial score (nSPS) is 10.8. The van der Waals surface area contributed by atoms with Crippen LogP contribution >= 0.6 is 11.3 Å². The minimum Gasteiger partial charge on any atom is -0.391 e. The third-order valence-corrected chi connectivity index (χ3v) is 3.29. The summed E-state index contributed by atoms with van der Waals surface area (Å²) < 4.78 is 31.3. The number of halogens is 2. The highest BCUT2D eigenvalue weighted by atomic mass is 32.1. The molecule has 0 spiro atoms. The molecule has 0 fully saturated rings. The van der Waals surface area contributed by atoms with E-state index in [1.165, 1.54) is 11.3 Å². The first-order valence-electron chi connectivity index (χ1n) is 5.28. The molecule has 2 aromatic heterocycles. The summed E-state index contributed by atoms with van der Waals surface area (Å²) in [7, 11) is 0. The van der Waals surface area contributed by atoms with Crippen molar-refractivity contribution in [2.75, 3.05) is 5.73 Å². The first-order valence-corrected chi connectivity index (χ1v) is 6.09. The Kier molecular flexibility index (Phi) is 2.75. The molecular formula is C12H7F2N3OS. The number of nitrogen functional groups attached to an aromatic ring is 1. The maximum absolute atomic E-state index is 13.1. The quantitative estimate of drug-likeness (QED) is 0.781. The molecule has 0 saturated heterocycles. The van der Waals surface area contributed by atoms with Crippen LogP contribution in [0.25, 0.3) is 22.2 Å². The largest absolute Gasteiger partial charge is 0.391 e. The lowest BCUT2D eigenvalue weighted by Gasteiger charge is -1.95. The molecular weight excluding hydrogens is 272 g/mol. The molecule has 3 rings (SSSR count). The van der Waals surface area contributed by atoms with Gasteiger partial charge in [-0.1, -0.05) is 5.16 Å². The summed E-state index contributed by atoms with van der Waals surface area (Å²) in [4.78, 5) is 4.79. The number of anilines is 1. The van der Waals surface area contributed by atoms with Crippen molar-refractivity contribution in [1.29, 1.82) is 0 Å². The predicted octanol–water partition coefficient (Wildman–Crippen LogP) is 3.33. The fraction of sp³-hybridized carbons (Fsp3) is 0. The summed E-state index contributed by atoms with van der Waals surface area (Å²) in [6.07, 6.45) is 0. The van der Waals surface area contributed by atoms with Gasteiger partial charge in [0.25, 0.3) is 5.89 Å². The highest BCUT2D eigenvalue weighted by molar-refractivity contribution is 7.19. The molecule has 2 heterocycles. The Morgan fingerprint density at radius 2 is 1.84 bits per heavy atom. The van der Waals surface area contributed by atoms with Crippen molar-refractivity contribution < 1.29 is 13.3 Å². The lowest BCUT2D eigenvalue weighted by molar-refractivity contribution is 0.433. The van der Waals surface area contributed by atoms with E-state index in [-0.39, 0.29) is 17.3 Å². The van der Waals surface area contributed by atoms with Gasteiger partial charge in [0.2, 0.25) is 5.82 Å². The van der Waals surface area contributed by atoms with Gasteiger partial charge >= 0.3 is 0 Å². The molecule has 0 bridgehead atoms. The molecule has 0 unspecified atom stereocenters. The molecule has 2 N–H and O–H groups in total. The molecule has 1 aromatic carbocycles. The number of aromatic nitrogens is 2. The predicted molar refractivity (Wildman–Crippen MR) is 67.4 cm³/mol. The number of benzene rings is 1. The average molecular weight is 279 g/mol. The van der Waals surface area contributed by atoms with Gasteiger partial charge in [-0.3, -0.25) is 0 Å². The van der Waals surface area contributed by atoms with Gasteiger partial charge < -0.3 is 10.3 Å². The van der Waals surface area contributed by atoms with Crippen LogP contribution in [-0.4, -0.2) is 10.1 Å². The van der Waals surface area contributed by atoms with E-state index < -0.39 is 11.6 Å². The van der Waals surface area contributed by atoms with Crippen LogP contribution in [0, 0.1) is 11.6 Å². The molecule has 0 atom stereocenters. The molecule has 0 aliphatic carbocycles. The number of thiophene rings is 1. The van der Waals surface area contributed by atoms with Gasteiger partial charge in [-0.25, -0.2) is 8.78 Å². The summed E-state index contributed by atoms with van der Waals surface area (Å²) in [5.74, 6) is -0.995. The third kappa shape index (κ3) is 2.32. The first-order chi connectivity index (χ1) is 9.11. The van der Waals surface area contributed by atoms with Crippen molar-refractivity contribution in [3.63, 3.8) is 0 Å². The number of nitrogens with zero attached hydrogens (tertiary/aromatic N) is 2. The van der Waals surface area contributed by atoms with Gasteiger partial charge in [-0.2, -0.15) is 4.98 Å². The highest BCUT2D eigenvalue weighted by Gasteiger charge is 2.13. The van der Waals surface area contributed by atoms with Crippen LogP contribution in [0.5, 0.6) is 0 Å². The van der Waals surface area contributed by atoms with Crippen LogP contribution in [0.1, 0.15) is 0 Å². The van der Waals surface area contributed by atoms with Crippen molar-refractivity contribution >= 4 is 16.3 Å². The fourth-order valence-corrected chi connectivity index (χ4v) is 2.29. The SMILES string of the molecule is Nc1ccc(-c2nc(-c3cc(F)cc(F)c3)no2)s1. The van der Waals surface area contributed by atoms with Gasteiger partial charge in [0.1, 0.15) is 11.6 Å². The zero-order valence-corrected chi connectivity index (χ0v) is 10.2. The lowest BCUT2D eigenvalue weighted by atomic mass is 10.2. The fourth-order valence-electron chi connectivity index (χ4n) is 1.59. The minimum atomic E-state index is -0.693. The van der Waals surface area contributed by atoms with Crippen molar-refractivity contribution in [3.05, 3.63) is 42.0 Å². The maximum Gasteiger partial charge on any atom is 0.268 e. The van der Waals surface area contributed by atoms with Crippen molar-refractivity contribution in [3.8, 4) is 22.2 Å². The summed E-state index contributed by atoms with van der Waals surface area (Å²) in [5.41, 5.74) is 5.82. The van der Waals surface area contributed by atoms with Gasteiger partial charge in [0.05, 0.1) is 9.88 Å². The molecule has 0 saturated carbocycles. The smallest absolute Gasteiger partial charge is 0.268 e. The Morgan fingerprint density at radius 1 is 1.11 bits per heavy atom. The summed E-state index contributed by atoms with van der Waals surface area (Å²) in [5, 5.41) is 4.32. The van der Waals surface area contributed by atoms with E-state index in [0.29, 0.717) is 9.88 Å². The minimum absolute atomic E-state index is 0.125. The molecule has 7 heteroatoms. The number of rotatable bonds is 2. The Labute approximate surface area is 110 Å².